The minimum absolute atomic E-state index is 0.0647. The average Bonchev–Trinajstić information content (AvgIpc) is 3.22. The molecule has 2 aromatic carbocycles. The van der Waals surface area contributed by atoms with Gasteiger partial charge in [0.2, 0.25) is 0 Å². The zero-order chi connectivity index (χ0) is 18.6. The monoisotopic (exact) mass is 425 g/mol. The first-order valence-corrected chi connectivity index (χ1v) is 9.81. The van der Waals surface area contributed by atoms with Crippen molar-refractivity contribution in [2.45, 2.75) is 12.8 Å². The number of benzene rings is 2. The maximum atomic E-state index is 12.2. The van der Waals surface area contributed by atoms with E-state index in [-0.39, 0.29) is 12.5 Å². The maximum Gasteiger partial charge on any atom is 0.262 e. The summed E-state index contributed by atoms with van der Waals surface area (Å²) in [6, 6.07) is 17.3. The maximum absolute atomic E-state index is 12.2. The van der Waals surface area contributed by atoms with Gasteiger partial charge in [0.1, 0.15) is 17.1 Å². The van der Waals surface area contributed by atoms with Gasteiger partial charge in [-0.05, 0) is 55.3 Å². The van der Waals surface area contributed by atoms with Gasteiger partial charge in [-0.3, -0.25) is 4.79 Å². The van der Waals surface area contributed by atoms with Crippen LogP contribution in [0.15, 0.2) is 59.1 Å². The van der Waals surface area contributed by atoms with Crippen molar-refractivity contribution in [2.75, 3.05) is 29.9 Å². The quantitative estimate of drug-likeness (QED) is 0.647. The van der Waals surface area contributed by atoms with E-state index in [1.807, 2.05) is 42.5 Å². The van der Waals surface area contributed by atoms with Gasteiger partial charge in [0.05, 0.1) is 0 Å². The van der Waals surface area contributed by atoms with Gasteiger partial charge in [-0.2, -0.15) is 0 Å². The number of pyridine rings is 1. The first kappa shape index (κ1) is 17.8. The number of carbonyl (C=O) groups is 1. The Hall–Kier alpha value is -2.60. The van der Waals surface area contributed by atoms with E-state index in [0.717, 1.165) is 40.0 Å². The van der Waals surface area contributed by atoms with Gasteiger partial charge in [-0.15, -0.1) is 0 Å². The topological polar surface area (TPSA) is 54.5 Å². The Balaban J connectivity index is 1.48. The summed E-state index contributed by atoms with van der Waals surface area (Å²) in [5, 5.41) is 3.83. The van der Waals surface area contributed by atoms with Crippen molar-refractivity contribution in [1.82, 2.24) is 4.98 Å². The van der Waals surface area contributed by atoms with Gasteiger partial charge in [-0.1, -0.05) is 28.1 Å². The third-order valence-corrected chi connectivity index (χ3v) is 5.11. The lowest BCUT2D eigenvalue weighted by atomic mass is 10.2. The van der Waals surface area contributed by atoms with Crippen molar-refractivity contribution in [3.63, 3.8) is 0 Å². The van der Waals surface area contributed by atoms with E-state index < -0.39 is 0 Å². The van der Waals surface area contributed by atoms with Gasteiger partial charge < -0.3 is 15.0 Å². The molecule has 0 radical (unpaired) electrons. The number of ether oxygens (including phenoxy) is 1. The van der Waals surface area contributed by atoms with Crippen LogP contribution in [-0.4, -0.2) is 30.6 Å². The van der Waals surface area contributed by atoms with E-state index in [2.05, 4.69) is 38.3 Å². The number of nitrogens with zero attached hydrogens (tertiary/aromatic N) is 2. The van der Waals surface area contributed by atoms with Gasteiger partial charge >= 0.3 is 0 Å². The summed E-state index contributed by atoms with van der Waals surface area (Å²) >= 11 is 3.38. The molecule has 4 rings (SSSR count). The molecule has 2 heterocycles. The lowest BCUT2D eigenvalue weighted by molar-refractivity contribution is -0.118. The minimum Gasteiger partial charge on any atom is -0.481 e. The van der Waals surface area contributed by atoms with E-state index in [1.165, 1.54) is 12.8 Å². The third kappa shape index (κ3) is 4.22. The fourth-order valence-corrected chi connectivity index (χ4v) is 3.49. The van der Waals surface area contributed by atoms with Gasteiger partial charge in [0.15, 0.2) is 6.61 Å². The number of halogens is 1. The first-order valence-electron chi connectivity index (χ1n) is 9.02. The smallest absolute Gasteiger partial charge is 0.262 e. The highest BCUT2D eigenvalue weighted by molar-refractivity contribution is 9.10. The fraction of sp³-hybridized carbons (Fsp3) is 0.238. The van der Waals surface area contributed by atoms with Crippen LogP contribution >= 0.6 is 15.9 Å². The van der Waals surface area contributed by atoms with Crippen molar-refractivity contribution >= 4 is 44.2 Å². The Kier molecular flexibility index (Phi) is 5.25. The number of aromatic nitrogens is 1. The summed E-state index contributed by atoms with van der Waals surface area (Å²) < 4.78 is 6.76. The molecule has 0 unspecified atom stereocenters. The molecule has 6 heteroatoms. The van der Waals surface area contributed by atoms with Gasteiger partial charge in [0, 0.05) is 28.6 Å². The van der Waals surface area contributed by atoms with E-state index in [0.29, 0.717) is 5.75 Å². The number of carbonyl (C=O) groups excluding carboxylic acids is 1. The SMILES string of the molecule is O=C(COc1cccc2ccc(N3CCCC3)nc12)Nc1ccc(Br)cc1. The summed E-state index contributed by atoms with van der Waals surface area (Å²) in [6.45, 7) is 2.01. The number of anilines is 2. The van der Waals surface area contributed by atoms with E-state index in [4.69, 9.17) is 9.72 Å². The highest BCUT2D eigenvalue weighted by Crippen LogP contribution is 2.27. The molecule has 1 amide bonds. The summed E-state index contributed by atoms with van der Waals surface area (Å²) in [6.07, 6.45) is 2.40. The molecule has 0 atom stereocenters. The number of rotatable bonds is 5. The number of fused-ring (bicyclic) bond motifs is 1. The van der Waals surface area contributed by atoms with Gasteiger partial charge in [-0.25, -0.2) is 4.98 Å². The lowest BCUT2D eigenvalue weighted by Gasteiger charge is -2.17. The van der Waals surface area contributed by atoms with Crippen LogP contribution in [0.25, 0.3) is 10.9 Å². The molecule has 138 valence electrons. The summed E-state index contributed by atoms with van der Waals surface area (Å²) in [5.74, 6) is 1.39. The molecule has 3 aromatic rings. The first-order chi connectivity index (χ1) is 13.2. The predicted molar refractivity (Wildman–Crippen MR) is 111 cm³/mol. The Morgan fingerprint density at radius 1 is 1.07 bits per heavy atom. The Labute approximate surface area is 166 Å². The number of hydrogen-bond acceptors (Lipinski definition) is 4. The molecule has 27 heavy (non-hydrogen) atoms. The fourth-order valence-electron chi connectivity index (χ4n) is 3.22. The van der Waals surface area contributed by atoms with Crippen LogP contribution in [-0.2, 0) is 4.79 Å². The average molecular weight is 426 g/mol. The zero-order valence-electron chi connectivity index (χ0n) is 14.8. The molecule has 0 saturated carbocycles. The van der Waals surface area contributed by atoms with Crippen LogP contribution in [0.2, 0.25) is 0 Å². The van der Waals surface area contributed by atoms with E-state index in [1.54, 1.807) is 0 Å². The molecule has 0 aliphatic carbocycles. The highest BCUT2D eigenvalue weighted by Gasteiger charge is 2.15. The lowest BCUT2D eigenvalue weighted by Crippen LogP contribution is -2.20. The molecule has 1 aliphatic rings. The van der Waals surface area contributed by atoms with Gasteiger partial charge in [0.25, 0.3) is 5.91 Å². The van der Waals surface area contributed by atoms with Crippen LogP contribution in [0.1, 0.15) is 12.8 Å². The largest absolute Gasteiger partial charge is 0.481 e. The molecule has 1 fully saturated rings. The van der Waals surface area contributed by atoms with Crippen LogP contribution in [0, 0.1) is 0 Å². The third-order valence-electron chi connectivity index (χ3n) is 4.59. The van der Waals surface area contributed by atoms with Crippen LogP contribution in [0.3, 0.4) is 0 Å². The molecule has 0 spiro atoms. The highest BCUT2D eigenvalue weighted by atomic mass is 79.9. The summed E-state index contributed by atoms with van der Waals surface area (Å²) in [5.41, 5.74) is 1.53. The van der Waals surface area contributed by atoms with Crippen LogP contribution in [0.5, 0.6) is 5.75 Å². The van der Waals surface area contributed by atoms with E-state index in [9.17, 15) is 4.79 Å². The Morgan fingerprint density at radius 2 is 1.85 bits per heavy atom. The summed E-state index contributed by atoms with van der Waals surface area (Å²) in [7, 11) is 0. The second-order valence-corrected chi connectivity index (χ2v) is 7.45. The Morgan fingerprint density at radius 3 is 2.63 bits per heavy atom. The van der Waals surface area contributed by atoms with Crippen molar-refractivity contribution < 1.29 is 9.53 Å². The number of para-hydroxylation sites is 1. The second-order valence-electron chi connectivity index (χ2n) is 6.54. The van der Waals surface area contributed by atoms with Crippen LogP contribution < -0.4 is 15.0 Å². The molecule has 1 N–H and O–H groups in total. The molecule has 1 aromatic heterocycles. The second kappa shape index (κ2) is 7.96. The molecular weight excluding hydrogens is 406 g/mol. The standard InChI is InChI=1S/C21H20BrN3O2/c22-16-7-9-17(10-8-16)23-20(26)14-27-18-5-3-4-15-6-11-19(24-21(15)18)25-12-1-2-13-25/h3-11H,1-2,12-14H2,(H,23,26). The molecule has 0 bridgehead atoms. The van der Waals surface area contributed by atoms with Crippen molar-refractivity contribution in [3.8, 4) is 5.75 Å². The number of nitrogens with one attached hydrogen (secondary N) is 1. The molecule has 5 nitrogen and oxygen atoms in total. The molecule has 1 aliphatic heterocycles. The molecule has 1 saturated heterocycles. The normalized spacial score (nSPS) is 13.7. The van der Waals surface area contributed by atoms with E-state index >= 15 is 0 Å². The minimum atomic E-state index is -0.204. The zero-order valence-corrected chi connectivity index (χ0v) is 16.4. The Bertz CT molecular complexity index is 953. The van der Waals surface area contributed by atoms with Crippen molar-refractivity contribution in [1.29, 1.82) is 0 Å². The van der Waals surface area contributed by atoms with Crippen molar-refractivity contribution in [2.24, 2.45) is 0 Å². The van der Waals surface area contributed by atoms with Crippen LogP contribution in [0.4, 0.5) is 11.5 Å². The summed E-state index contributed by atoms with van der Waals surface area (Å²) in [4.78, 5) is 19.3. The van der Waals surface area contributed by atoms with Crippen molar-refractivity contribution in [3.05, 3.63) is 59.1 Å². The molecular formula is C21H20BrN3O2. The number of amides is 1. The number of hydrogen-bond donors (Lipinski definition) is 1. The predicted octanol–water partition coefficient (Wildman–Crippen LogP) is 4.62.